The minimum atomic E-state index is -4.41. The highest BCUT2D eigenvalue weighted by Gasteiger charge is 2.33. The highest BCUT2D eigenvalue weighted by Crippen LogP contribution is 2.30. The van der Waals surface area contributed by atoms with Crippen LogP contribution < -0.4 is 10.6 Å². The van der Waals surface area contributed by atoms with Gasteiger partial charge in [0.1, 0.15) is 5.01 Å². The van der Waals surface area contributed by atoms with Crippen LogP contribution in [0.2, 0.25) is 0 Å². The lowest BCUT2D eigenvalue weighted by Gasteiger charge is -2.34. The van der Waals surface area contributed by atoms with Crippen LogP contribution in [0.3, 0.4) is 0 Å². The summed E-state index contributed by atoms with van der Waals surface area (Å²) in [5, 5.41) is 7.81. The molecule has 29 heavy (non-hydrogen) atoms. The smallest absolute Gasteiger partial charge is 0.357 e. The lowest BCUT2D eigenvalue weighted by atomic mass is 9.99. The molecule has 1 aliphatic rings. The molecule has 0 amide bonds. The number of hydrogen-bond donors (Lipinski definition) is 2. The number of benzene rings is 1. The molecule has 5 nitrogen and oxygen atoms in total. The van der Waals surface area contributed by atoms with Gasteiger partial charge in [-0.1, -0.05) is 24.3 Å². The Hall–Kier alpha value is -2.13. The first kappa shape index (κ1) is 21.6. The fourth-order valence-corrected chi connectivity index (χ4v) is 3.99. The molecule has 158 valence electrons. The van der Waals surface area contributed by atoms with Crippen molar-refractivity contribution in [2.45, 2.75) is 45.6 Å². The summed E-state index contributed by atoms with van der Waals surface area (Å²) in [6.07, 6.45) is -3.37. The molecule has 2 N–H and O–H groups in total. The van der Waals surface area contributed by atoms with Crippen molar-refractivity contribution in [3.63, 3.8) is 0 Å². The normalized spacial score (nSPS) is 16.4. The number of guanidine groups is 1. The molecule has 2 aromatic rings. The van der Waals surface area contributed by atoms with Crippen molar-refractivity contribution in [1.29, 1.82) is 0 Å². The molecule has 0 bridgehead atoms. The Bertz CT molecular complexity index is 834. The largest absolute Gasteiger partial charge is 0.434 e. The van der Waals surface area contributed by atoms with Crippen LogP contribution in [-0.4, -0.2) is 41.5 Å². The van der Waals surface area contributed by atoms with Crippen LogP contribution in [-0.2, 0) is 25.7 Å². The van der Waals surface area contributed by atoms with E-state index in [0.29, 0.717) is 30.1 Å². The van der Waals surface area contributed by atoms with Crippen molar-refractivity contribution in [2.75, 3.05) is 19.6 Å². The summed E-state index contributed by atoms with van der Waals surface area (Å²) < 4.78 is 38.0. The maximum atomic E-state index is 12.7. The molecule has 1 aromatic heterocycles. The SMILES string of the molecule is CCNC(=NCc1nc(C(F)(F)F)cs1)NCC(C)N1CCc2ccccc2C1. The molecular formula is C20H26F3N5S. The van der Waals surface area contributed by atoms with E-state index in [-0.39, 0.29) is 6.54 Å². The van der Waals surface area contributed by atoms with E-state index in [0.717, 1.165) is 36.2 Å². The van der Waals surface area contributed by atoms with Gasteiger partial charge >= 0.3 is 6.18 Å². The first-order valence-electron chi connectivity index (χ1n) is 9.71. The van der Waals surface area contributed by atoms with Crippen LogP contribution in [0.1, 0.15) is 35.7 Å². The maximum Gasteiger partial charge on any atom is 0.434 e. The van der Waals surface area contributed by atoms with E-state index < -0.39 is 11.9 Å². The van der Waals surface area contributed by atoms with Crippen molar-refractivity contribution >= 4 is 17.3 Å². The van der Waals surface area contributed by atoms with Crippen LogP contribution in [0.25, 0.3) is 0 Å². The summed E-state index contributed by atoms with van der Waals surface area (Å²) in [5.41, 5.74) is 1.93. The fourth-order valence-electron chi connectivity index (χ4n) is 3.27. The van der Waals surface area contributed by atoms with Gasteiger partial charge in [-0.15, -0.1) is 11.3 Å². The topological polar surface area (TPSA) is 52.6 Å². The van der Waals surface area contributed by atoms with Crippen molar-refractivity contribution in [3.8, 4) is 0 Å². The van der Waals surface area contributed by atoms with E-state index >= 15 is 0 Å². The summed E-state index contributed by atoms with van der Waals surface area (Å²) in [5.74, 6) is 0.584. The molecule has 0 saturated carbocycles. The van der Waals surface area contributed by atoms with Crippen molar-refractivity contribution in [2.24, 2.45) is 4.99 Å². The zero-order chi connectivity index (χ0) is 20.9. The average Bonchev–Trinajstić information content (AvgIpc) is 3.19. The number of hydrogen-bond acceptors (Lipinski definition) is 4. The molecule has 1 aliphatic heterocycles. The van der Waals surface area contributed by atoms with E-state index in [1.807, 2.05) is 6.92 Å². The highest BCUT2D eigenvalue weighted by molar-refractivity contribution is 7.09. The number of fused-ring (bicyclic) bond motifs is 1. The van der Waals surface area contributed by atoms with Gasteiger partial charge in [0.15, 0.2) is 11.7 Å². The second-order valence-electron chi connectivity index (χ2n) is 7.04. The van der Waals surface area contributed by atoms with Crippen LogP contribution in [0.15, 0.2) is 34.6 Å². The van der Waals surface area contributed by atoms with Crippen LogP contribution in [0.4, 0.5) is 13.2 Å². The lowest BCUT2D eigenvalue weighted by molar-refractivity contribution is -0.140. The van der Waals surface area contributed by atoms with Gasteiger partial charge in [0.05, 0.1) is 6.54 Å². The minimum absolute atomic E-state index is 0.113. The number of thiazole rings is 1. The van der Waals surface area contributed by atoms with E-state index in [9.17, 15) is 13.2 Å². The van der Waals surface area contributed by atoms with Gasteiger partial charge in [-0.25, -0.2) is 9.98 Å². The molecule has 1 unspecified atom stereocenters. The van der Waals surface area contributed by atoms with Crippen molar-refractivity contribution < 1.29 is 13.2 Å². The Morgan fingerprint density at radius 2 is 2.03 bits per heavy atom. The van der Waals surface area contributed by atoms with Gasteiger partial charge in [0, 0.05) is 37.6 Å². The van der Waals surface area contributed by atoms with E-state index in [1.54, 1.807) is 0 Å². The Labute approximate surface area is 173 Å². The molecule has 0 fully saturated rings. The van der Waals surface area contributed by atoms with E-state index in [1.165, 1.54) is 11.1 Å². The predicted octanol–water partition coefficient (Wildman–Crippen LogP) is 3.66. The van der Waals surface area contributed by atoms with Gasteiger partial charge in [0.25, 0.3) is 0 Å². The first-order chi connectivity index (χ1) is 13.9. The summed E-state index contributed by atoms with van der Waals surface area (Å²) >= 11 is 0.975. The zero-order valence-electron chi connectivity index (χ0n) is 16.6. The van der Waals surface area contributed by atoms with Gasteiger partial charge in [-0.05, 0) is 31.4 Å². The van der Waals surface area contributed by atoms with Gasteiger partial charge < -0.3 is 10.6 Å². The molecule has 2 heterocycles. The number of rotatable bonds is 6. The number of alkyl halides is 3. The van der Waals surface area contributed by atoms with Crippen LogP contribution in [0, 0.1) is 0 Å². The van der Waals surface area contributed by atoms with Crippen molar-refractivity contribution in [3.05, 3.63) is 51.5 Å². The average molecular weight is 426 g/mol. The number of nitrogens with zero attached hydrogens (tertiary/aromatic N) is 3. The third-order valence-electron chi connectivity index (χ3n) is 4.91. The highest BCUT2D eigenvalue weighted by atomic mass is 32.1. The summed E-state index contributed by atoms with van der Waals surface area (Å²) in [7, 11) is 0. The lowest BCUT2D eigenvalue weighted by Crippen LogP contribution is -2.47. The number of aromatic nitrogens is 1. The number of halogens is 3. The molecule has 0 radical (unpaired) electrons. The van der Waals surface area contributed by atoms with E-state index in [4.69, 9.17) is 0 Å². The number of aliphatic imine (C=N–C) groups is 1. The van der Waals surface area contributed by atoms with Crippen molar-refractivity contribution in [1.82, 2.24) is 20.5 Å². The molecule has 0 spiro atoms. The van der Waals surface area contributed by atoms with Gasteiger partial charge in [-0.3, -0.25) is 4.90 Å². The van der Waals surface area contributed by atoms with E-state index in [2.05, 4.69) is 56.7 Å². The quantitative estimate of drug-likeness (QED) is 0.548. The Balaban J connectivity index is 1.55. The Morgan fingerprint density at radius 1 is 1.28 bits per heavy atom. The monoisotopic (exact) mass is 425 g/mol. The van der Waals surface area contributed by atoms with Crippen LogP contribution in [0.5, 0.6) is 0 Å². The molecule has 3 rings (SSSR count). The summed E-state index contributed by atoms with van der Waals surface area (Å²) in [6, 6.07) is 8.82. The minimum Gasteiger partial charge on any atom is -0.357 e. The molecule has 1 aromatic carbocycles. The Kier molecular flexibility index (Phi) is 7.13. The van der Waals surface area contributed by atoms with Gasteiger partial charge in [0.2, 0.25) is 0 Å². The summed E-state index contributed by atoms with van der Waals surface area (Å²) in [6.45, 7) is 7.53. The second-order valence-corrected chi connectivity index (χ2v) is 7.98. The molecule has 0 aliphatic carbocycles. The number of nitrogens with one attached hydrogen (secondary N) is 2. The Morgan fingerprint density at radius 3 is 2.72 bits per heavy atom. The molecule has 1 atom stereocenters. The standard InChI is InChI=1S/C20H26F3N5S/c1-3-24-19(26-11-18-27-17(13-29-18)20(21,22)23)25-10-14(2)28-9-8-15-6-4-5-7-16(15)12-28/h4-7,13-14H,3,8-12H2,1-2H3,(H2,24,25,26). The summed E-state index contributed by atoms with van der Waals surface area (Å²) in [4.78, 5) is 10.4. The fraction of sp³-hybridized carbons (Fsp3) is 0.500. The zero-order valence-corrected chi connectivity index (χ0v) is 17.4. The third kappa shape index (κ3) is 5.93. The van der Waals surface area contributed by atoms with Crippen LogP contribution >= 0.6 is 11.3 Å². The van der Waals surface area contributed by atoms with Gasteiger partial charge in [-0.2, -0.15) is 13.2 Å². The first-order valence-corrected chi connectivity index (χ1v) is 10.6. The molecular weight excluding hydrogens is 399 g/mol. The third-order valence-corrected chi connectivity index (χ3v) is 5.74. The molecule has 9 heteroatoms. The predicted molar refractivity (Wildman–Crippen MR) is 110 cm³/mol. The second kappa shape index (κ2) is 9.58. The molecule has 0 saturated heterocycles. The maximum absolute atomic E-state index is 12.7.